The molecule has 2 aromatic heterocycles. The molecule has 3 heterocycles. The van der Waals surface area contributed by atoms with E-state index in [0.717, 1.165) is 0 Å². The summed E-state index contributed by atoms with van der Waals surface area (Å²) in [5, 5.41) is 5.20. The van der Waals surface area contributed by atoms with Crippen molar-refractivity contribution < 1.29 is 0 Å². The van der Waals surface area contributed by atoms with Crippen LogP contribution in [0.25, 0.3) is 69.9 Å². The number of para-hydroxylation sites is 1. The first-order valence-corrected chi connectivity index (χ1v) is 21.1. The molecular formula is C43H28INS. The van der Waals surface area contributed by atoms with Crippen molar-refractivity contribution in [1.29, 1.82) is 0 Å². The Labute approximate surface area is 275 Å². The summed E-state index contributed by atoms with van der Waals surface area (Å²) in [6, 6.07) is 58.5. The van der Waals surface area contributed by atoms with Gasteiger partial charge in [0, 0.05) is 10.1 Å². The van der Waals surface area contributed by atoms with Gasteiger partial charge in [0.25, 0.3) is 0 Å². The van der Waals surface area contributed by atoms with Crippen LogP contribution in [0.5, 0.6) is 0 Å². The summed E-state index contributed by atoms with van der Waals surface area (Å²) in [6.45, 7) is 0. The third-order valence-corrected chi connectivity index (χ3v) is 19.5. The van der Waals surface area contributed by atoms with Gasteiger partial charge in [-0.15, -0.1) is 0 Å². The molecule has 1 atom stereocenters. The first-order chi connectivity index (χ1) is 22.7. The number of nitrogens with zero attached hydrogens (tertiary/aromatic N) is 1. The van der Waals surface area contributed by atoms with Crippen LogP contribution in [0.4, 0.5) is 0 Å². The van der Waals surface area contributed by atoms with Gasteiger partial charge in [0.05, 0.1) is 0 Å². The zero-order chi connectivity index (χ0) is 30.4. The number of aromatic nitrogens is 1. The molecule has 1 nitrogen and oxygen atoms in total. The summed E-state index contributed by atoms with van der Waals surface area (Å²) >= 11 is -1.00. The molecule has 46 heavy (non-hydrogen) atoms. The predicted octanol–water partition coefficient (Wildman–Crippen LogP) is 12.2. The van der Waals surface area contributed by atoms with Crippen LogP contribution >= 0.6 is 29.3 Å². The fourth-order valence-corrected chi connectivity index (χ4v) is 16.8. The fraction of sp³-hybridized carbons (Fsp3) is 0. The third-order valence-electron chi connectivity index (χ3n) is 9.56. The zero-order valence-electron chi connectivity index (χ0n) is 25.0. The average Bonchev–Trinajstić information content (AvgIpc) is 3.75. The molecule has 218 valence electrons. The zero-order valence-corrected chi connectivity index (χ0v) is 27.9. The van der Waals surface area contributed by atoms with Crippen LogP contribution < -0.4 is 0 Å². The molecule has 0 bridgehead atoms. The molecule has 1 aliphatic rings. The number of thiophene rings is 1. The molecule has 0 N–H and O–H groups in total. The molecule has 7 aromatic carbocycles. The Hall–Kier alpha value is -4.84. The minimum atomic E-state index is -2.89. The van der Waals surface area contributed by atoms with Crippen molar-refractivity contribution in [1.82, 2.24) is 4.57 Å². The second-order valence-electron chi connectivity index (χ2n) is 12.0. The van der Waals surface area contributed by atoms with Crippen molar-refractivity contribution >= 4 is 75.8 Å². The number of hydrogen-bond acceptors (Lipinski definition) is 1. The van der Waals surface area contributed by atoms with E-state index in [2.05, 4.69) is 162 Å². The van der Waals surface area contributed by atoms with Crippen molar-refractivity contribution in [3.63, 3.8) is 0 Å². The van der Waals surface area contributed by atoms with Crippen molar-refractivity contribution in [2.45, 2.75) is 0 Å². The summed E-state index contributed by atoms with van der Waals surface area (Å²) in [5.41, 5.74) is 8.90. The molecular weight excluding hydrogens is 689 g/mol. The van der Waals surface area contributed by atoms with E-state index in [-0.39, 0.29) is 0 Å². The summed E-state index contributed by atoms with van der Waals surface area (Å²) in [4.78, 5) is 0. The Balaban J connectivity index is 1.18. The molecule has 0 saturated heterocycles. The molecule has 0 saturated carbocycles. The topological polar surface area (TPSA) is 4.93 Å². The maximum absolute atomic E-state index is 5.04. The normalized spacial score (nSPS) is 17.0. The van der Waals surface area contributed by atoms with Gasteiger partial charge in [-0.1, -0.05) is 24.3 Å². The quantitative estimate of drug-likeness (QED) is 0.160. The van der Waals surface area contributed by atoms with Gasteiger partial charge in [-0.2, -0.15) is 0 Å². The maximum atomic E-state index is 5.04. The molecule has 1 aliphatic heterocycles. The molecule has 1 unspecified atom stereocenters. The van der Waals surface area contributed by atoms with Crippen molar-refractivity contribution in [2.24, 2.45) is 0 Å². The Kier molecular flexibility index (Phi) is 5.64. The summed E-state index contributed by atoms with van der Waals surface area (Å²) < 4.78 is 14.5. The van der Waals surface area contributed by atoms with Gasteiger partial charge < -0.3 is 0 Å². The average molecular weight is 718 g/mol. The fourth-order valence-electron chi connectivity index (χ4n) is 7.45. The van der Waals surface area contributed by atoms with E-state index in [1.54, 1.807) is 0 Å². The van der Waals surface area contributed by atoms with Gasteiger partial charge >= 0.3 is 236 Å². The Bertz CT molecular complexity index is 2730. The van der Waals surface area contributed by atoms with Gasteiger partial charge in [0.1, 0.15) is 0 Å². The number of rotatable bonds is 3. The van der Waals surface area contributed by atoms with E-state index in [1.807, 2.05) is 11.3 Å². The van der Waals surface area contributed by atoms with Crippen molar-refractivity contribution in [3.05, 3.63) is 168 Å². The van der Waals surface area contributed by atoms with Gasteiger partial charge in [-0.25, -0.2) is 0 Å². The van der Waals surface area contributed by atoms with Gasteiger partial charge in [-0.05, 0) is 6.07 Å². The van der Waals surface area contributed by atoms with Crippen LogP contribution in [0.1, 0.15) is 0 Å². The van der Waals surface area contributed by atoms with Crippen LogP contribution in [0.2, 0.25) is 0 Å². The van der Waals surface area contributed by atoms with Crippen LogP contribution in [0, 0.1) is 10.7 Å². The van der Waals surface area contributed by atoms with Crippen LogP contribution in [-0.4, -0.2) is 9.08 Å². The molecule has 3 heteroatoms. The standard InChI is InChI=1S/C43H28INS/c1-44(30-12-3-2-4-13-30)37-18-8-5-14-31(37)35-26-28(22-24-38(35)44)29-23-25-40-36(27-29)32-15-6-9-19-39(32)45(40)41-20-11-17-34-33-16-7-10-21-42(33)46-43(34)41/h2-27H,1H2. The predicted molar refractivity (Wildman–Crippen MR) is 208 cm³/mol. The number of halogens is 1. The first kappa shape index (κ1) is 26.4. The second-order valence-corrected chi connectivity index (χ2v) is 20.5. The van der Waals surface area contributed by atoms with E-state index in [1.165, 1.54) is 80.6 Å². The molecule has 0 amide bonds. The van der Waals surface area contributed by atoms with Crippen molar-refractivity contribution in [2.75, 3.05) is 0 Å². The van der Waals surface area contributed by atoms with Crippen LogP contribution in [0.3, 0.4) is 0 Å². The summed E-state index contributed by atoms with van der Waals surface area (Å²) in [5.74, 6) is 0. The van der Waals surface area contributed by atoms with E-state index in [9.17, 15) is 0 Å². The van der Waals surface area contributed by atoms with Gasteiger partial charge in [0.2, 0.25) is 0 Å². The van der Waals surface area contributed by atoms with Crippen molar-refractivity contribution in [3.8, 4) is 27.9 Å². The number of benzene rings is 7. The van der Waals surface area contributed by atoms with Gasteiger partial charge in [0.15, 0.2) is 0 Å². The SMILES string of the molecule is C=I1(c2ccccc2)c2ccccc2-c2cc(-c3ccc4c(c3)c3ccccc3n4-c3cccc4c3sc3ccccc34)ccc21. The third kappa shape index (κ3) is 3.58. The Morgan fingerprint density at radius 1 is 0.478 bits per heavy atom. The number of hydrogen-bond donors (Lipinski definition) is 0. The van der Waals surface area contributed by atoms with Crippen LogP contribution in [0.15, 0.2) is 158 Å². The van der Waals surface area contributed by atoms with E-state index < -0.39 is 18.0 Å². The molecule has 0 aliphatic carbocycles. The Morgan fingerprint density at radius 3 is 2.07 bits per heavy atom. The second kappa shape index (κ2) is 9.83. The minimum absolute atomic E-state index is 1.23. The molecule has 0 spiro atoms. The van der Waals surface area contributed by atoms with Crippen LogP contribution in [-0.2, 0) is 0 Å². The first-order valence-electron chi connectivity index (χ1n) is 15.5. The van der Waals surface area contributed by atoms with Gasteiger partial charge in [-0.3, -0.25) is 0 Å². The van der Waals surface area contributed by atoms with E-state index in [4.69, 9.17) is 4.51 Å². The summed E-state index contributed by atoms with van der Waals surface area (Å²) in [7, 11) is 0. The molecule has 10 rings (SSSR count). The van der Waals surface area contributed by atoms with E-state index >= 15 is 0 Å². The molecule has 0 radical (unpaired) electrons. The number of fused-ring (bicyclic) bond motifs is 9. The molecule has 9 aromatic rings. The summed E-state index contributed by atoms with van der Waals surface area (Å²) in [6.07, 6.45) is 0. The molecule has 0 fully saturated rings. The Morgan fingerprint density at radius 2 is 1.15 bits per heavy atom. The monoisotopic (exact) mass is 717 g/mol. The van der Waals surface area contributed by atoms with E-state index in [0.29, 0.717) is 0 Å².